The van der Waals surface area contributed by atoms with Gasteiger partial charge in [-0.25, -0.2) is 0 Å². The quantitative estimate of drug-likeness (QED) is 0.708. The maximum atomic E-state index is 9.33. The Hall–Kier alpha value is -0.460. The van der Waals surface area contributed by atoms with Crippen LogP contribution in [0.1, 0.15) is 39.0 Å². The Kier molecular flexibility index (Phi) is 5.78. The van der Waals surface area contributed by atoms with Gasteiger partial charge in [0.25, 0.3) is 0 Å². The van der Waals surface area contributed by atoms with E-state index in [4.69, 9.17) is 0 Å². The van der Waals surface area contributed by atoms with E-state index in [1.54, 1.807) is 0 Å². The Balaban J connectivity index is 2.02. The summed E-state index contributed by atoms with van der Waals surface area (Å²) < 4.78 is 1.11. The Labute approximate surface area is 128 Å². The van der Waals surface area contributed by atoms with Crippen LogP contribution in [0.15, 0.2) is 33.6 Å². The summed E-state index contributed by atoms with van der Waals surface area (Å²) in [7, 11) is 0. The van der Waals surface area contributed by atoms with Gasteiger partial charge >= 0.3 is 0 Å². The zero-order valence-corrected chi connectivity index (χ0v) is 13.7. The maximum Gasteiger partial charge on any atom is 0.0667 e. The molecule has 0 N–H and O–H groups in total. The molecule has 102 valence electrons. The van der Waals surface area contributed by atoms with Crippen molar-refractivity contribution in [2.75, 3.05) is 0 Å². The van der Waals surface area contributed by atoms with Crippen LogP contribution in [0.2, 0.25) is 0 Å². The molecule has 1 aliphatic carbocycles. The maximum absolute atomic E-state index is 9.33. The van der Waals surface area contributed by atoms with Gasteiger partial charge in [0, 0.05) is 14.6 Å². The average Bonchev–Trinajstić information content (AvgIpc) is 2.42. The molecule has 3 heteroatoms. The predicted molar refractivity (Wildman–Crippen MR) is 85.1 cm³/mol. The average molecular weight is 338 g/mol. The molecule has 3 atom stereocenters. The third-order valence-electron chi connectivity index (χ3n) is 3.86. The summed E-state index contributed by atoms with van der Waals surface area (Å²) in [5.74, 6) is 1.05. The van der Waals surface area contributed by atoms with Crippen molar-refractivity contribution in [1.29, 1.82) is 5.26 Å². The summed E-state index contributed by atoms with van der Waals surface area (Å²) in [6.45, 7) is 2.26. The van der Waals surface area contributed by atoms with Crippen molar-refractivity contribution in [2.45, 2.75) is 49.2 Å². The molecule has 2 rings (SSSR count). The lowest BCUT2D eigenvalue weighted by molar-refractivity contribution is 0.307. The number of benzene rings is 1. The first-order valence-electron chi connectivity index (χ1n) is 7.04. The monoisotopic (exact) mass is 337 g/mol. The highest BCUT2D eigenvalue weighted by Gasteiger charge is 2.30. The molecule has 0 saturated heterocycles. The van der Waals surface area contributed by atoms with E-state index in [1.807, 2.05) is 11.8 Å². The minimum absolute atomic E-state index is 0.224. The molecule has 1 aromatic rings. The van der Waals surface area contributed by atoms with Crippen LogP contribution in [0.4, 0.5) is 0 Å². The van der Waals surface area contributed by atoms with Crippen LogP contribution < -0.4 is 0 Å². The van der Waals surface area contributed by atoms with Crippen LogP contribution >= 0.6 is 27.7 Å². The SMILES string of the molecule is CCCC1CCC(C#N)C(Sc2ccc(Br)cc2)C1. The molecule has 0 radical (unpaired) electrons. The van der Waals surface area contributed by atoms with E-state index < -0.39 is 0 Å². The molecule has 0 aliphatic heterocycles. The first-order valence-corrected chi connectivity index (χ1v) is 8.72. The topological polar surface area (TPSA) is 23.8 Å². The molecule has 0 aromatic heterocycles. The molecule has 1 aromatic carbocycles. The van der Waals surface area contributed by atoms with Crippen molar-refractivity contribution in [3.05, 3.63) is 28.7 Å². The third-order valence-corrected chi connectivity index (χ3v) is 5.76. The van der Waals surface area contributed by atoms with Crippen LogP contribution in [-0.4, -0.2) is 5.25 Å². The Morgan fingerprint density at radius 1 is 1.32 bits per heavy atom. The molecule has 3 unspecified atom stereocenters. The molecule has 1 aliphatic rings. The zero-order chi connectivity index (χ0) is 13.7. The molecule has 1 nitrogen and oxygen atoms in total. The van der Waals surface area contributed by atoms with Gasteiger partial charge in [0.2, 0.25) is 0 Å². The highest BCUT2D eigenvalue weighted by molar-refractivity contribution is 9.10. The molecule has 19 heavy (non-hydrogen) atoms. The third kappa shape index (κ3) is 4.26. The lowest BCUT2D eigenvalue weighted by atomic mass is 9.80. The molecular formula is C16H20BrNS. The van der Waals surface area contributed by atoms with Crippen LogP contribution in [-0.2, 0) is 0 Å². The summed E-state index contributed by atoms with van der Waals surface area (Å²) in [6, 6.07) is 11.0. The Bertz CT molecular complexity index is 437. The first-order chi connectivity index (χ1) is 9.22. The Morgan fingerprint density at radius 3 is 2.68 bits per heavy atom. The molecule has 1 fully saturated rings. The van der Waals surface area contributed by atoms with E-state index >= 15 is 0 Å². The van der Waals surface area contributed by atoms with E-state index in [9.17, 15) is 5.26 Å². The summed E-state index contributed by atoms with van der Waals surface area (Å²) in [6.07, 6.45) is 6.10. The Morgan fingerprint density at radius 2 is 2.05 bits per heavy atom. The minimum atomic E-state index is 0.224. The second kappa shape index (κ2) is 7.36. The van der Waals surface area contributed by atoms with Crippen molar-refractivity contribution < 1.29 is 0 Å². The smallest absolute Gasteiger partial charge is 0.0667 e. The van der Waals surface area contributed by atoms with Crippen molar-refractivity contribution in [1.82, 2.24) is 0 Å². The van der Waals surface area contributed by atoms with Gasteiger partial charge in [-0.1, -0.05) is 35.7 Å². The van der Waals surface area contributed by atoms with Crippen molar-refractivity contribution in [3.63, 3.8) is 0 Å². The first kappa shape index (κ1) is 14.9. The van der Waals surface area contributed by atoms with Crippen molar-refractivity contribution in [3.8, 4) is 6.07 Å². The highest BCUT2D eigenvalue weighted by atomic mass is 79.9. The number of hydrogen-bond donors (Lipinski definition) is 0. The molecule has 0 heterocycles. The summed E-state index contributed by atoms with van der Waals surface area (Å²) in [5.41, 5.74) is 0. The van der Waals surface area contributed by atoms with E-state index in [0.29, 0.717) is 5.25 Å². The molecule has 1 saturated carbocycles. The fraction of sp³-hybridized carbons (Fsp3) is 0.562. The molecular weight excluding hydrogens is 318 g/mol. The zero-order valence-electron chi connectivity index (χ0n) is 11.3. The van der Waals surface area contributed by atoms with Crippen molar-refractivity contribution >= 4 is 27.7 Å². The van der Waals surface area contributed by atoms with E-state index in [1.165, 1.54) is 30.6 Å². The summed E-state index contributed by atoms with van der Waals surface area (Å²) in [4.78, 5) is 1.28. The van der Waals surface area contributed by atoms with E-state index in [2.05, 4.69) is 53.2 Å². The van der Waals surface area contributed by atoms with Crippen molar-refractivity contribution in [2.24, 2.45) is 11.8 Å². The molecule has 0 spiro atoms. The van der Waals surface area contributed by atoms with Gasteiger partial charge < -0.3 is 0 Å². The number of nitriles is 1. The normalized spacial score (nSPS) is 26.9. The standard InChI is InChI=1S/C16H20BrNS/c1-2-3-12-4-5-13(11-18)16(10-12)19-15-8-6-14(17)7-9-15/h6-9,12-13,16H,2-5,10H2,1H3. The largest absolute Gasteiger partial charge is 0.198 e. The van der Waals surface area contributed by atoms with Gasteiger partial charge in [0.05, 0.1) is 12.0 Å². The fourth-order valence-corrected chi connectivity index (χ4v) is 4.48. The van der Waals surface area contributed by atoms with Crippen LogP contribution in [0.5, 0.6) is 0 Å². The molecule has 0 amide bonds. The second-order valence-electron chi connectivity index (χ2n) is 5.31. The van der Waals surface area contributed by atoms with Gasteiger partial charge in [-0.05, 0) is 49.4 Å². The summed E-state index contributed by atoms with van der Waals surface area (Å²) in [5, 5.41) is 9.80. The van der Waals surface area contributed by atoms with E-state index in [0.717, 1.165) is 16.8 Å². The summed E-state index contributed by atoms with van der Waals surface area (Å²) >= 11 is 5.36. The van der Waals surface area contributed by atoms with Crippen LogP contribution in [0.3, 0.4) is 0 Å². The second-order valence-corrected chi connectivity index (χ2v) is 7.54. The van der Waals surface area contributed by atoms with Crippen LogP contribution in [0.25, 0.3) is 0 Å². The fourth-order valence-electron chi connectivity index (χ4n) is 2.85. The lowest BCUT2D eigenvalue weighted by Crippen LogP contribution is -2.26. The lowest BCUT2D eigenvalue weighted by Gasteiger charge is -2.32. The van der Waals surface area contributed by atoms with Gasteiger partial charge in [0.1, 0.15) is 0 Å². The van der Waals surface area contributed by atoms with Gasteiger partial charge in [-0.2, -0.15) is 5.26 Å². The van der Waals surface area contributed by atoms with Gasteiger partial charge in [0.15, 0.2) is 0 Å². The number of rotatable bonds is 4. The van der Waals surface area contributed by atoms with Gasteiger partial charge in [-0.15, -0.1) is 11.8 Å². The van der Waals surface area contributed by atoms with Gasteiger partial charge in [-0.3, -0.25) is 0 Å². The number of nitrogens with zero attached hydrogens (tertiary/aromatic N) is 1. The predicted octanol–water partition coefficient (Wildman–Crippen LogP) is 5.65. The highest BCUT2D eigenvalue weighted by Crippen LogP contribution is 2.41. The number of hydrogen-bond acceptors (Lipinski definition) is 2. The number of thioether (sulfide) groups is 1. The minimum Gasteiger partial charge on any atom is -0.198 e. The van der Waals surface area contributed by atoms with E-state index in [-0.39, 0.29) is 5.92 Å². The van der Waals surface area contributed by atoms with Crippen LogP contribution in [0, 0.1) is 23.2 Å². The molecule has 0 bridgehead atoms. The number of halogens is 1.